The zero-order valence-electron chi connectivity index (χ0n) is 12.6. The number of nitrogen functional groups attached to an aromatic ring is 1. The summed E-state index contributed by atoms with van der Waals surface area (Å²) in [5.41, 5.74) is 6.80. The van der Waals surface area contributed by atoms with Crippen molar-refractivity contribution in [3.8, 4) is 0 Å². The van der Waals surface area contributed by atoms with Crippen LogP contribution in [0.1, 0.15) is 36.9 Å². The van der Waals surface area contributed by atoms with Crippen LogP contribution in [-0.2, 0) is 0 Å². The van der Waals surface area contributed by atoms with Crippen molar-refractivity contribution in [3.63, 3.8) is 0 Å². The number of carbonyl (C=O) groups is 1. The summed E-state index contributed by atoms with van der Waals surface area (Å²) >= 11 is 4.94. The van der Waals surface area contributed by atoms with Gasteiger partial charge in [0.15, 0.2) is 0 Å². The highest BCUT2D eigenvalue weighted by atomic mass is 79.9. The number of carbonyl (C=O) groups excluding carboxylic acids is 1. The molecule has 1 heterocycles. The molecule has 114 valence electrons. The Labute approximate surface area is 138 Å². The van der Waals surface area contributed by atoms with E-state index in [4.69, 9.17) is 5.73 Å². The highest BCUT2D eigenvalue weighted by Gasteiger charge is 2.22. The van der Waals surface area contributed by atoms with Crippen LogP contribution in [0.4, 0.5) is 5.69 Å². The van der Waals surface area contributed by atoms with Crippen molar-refractivity contribution in [1.29, 1.82) is 0 Å². The molecule has 2 N–H and O–H groups in total. The van der Waals surface area contributed by atoms with Crippen molar-refractivity contribution in [1.82, 2.24) is 4.90 Å². The Morgan fingerprint density at radius 3 is 2.76 bits per heavy atom. The summed E-state index contributed by atoms with van der Waals surface area (Å²) in [5, 5.41) is 0.964. The van der Waals surface area contributed by atoms with Gasteiger partial charge in [-0.05, 0) is 25.0 Å². The van der Waals surface area contributed by atoms with E-state index in [0.717, 1.165) is 27.5 Å². The summed E-state index contributed by atoms with van der Waals surface area (Å²) in [6.45, 7) is 7.82. The monoisotopic (exact) mass is 368 g/mol. The van der Waals surface area contributed by atoms with Gasteiger partial charge in [-0.25, -0.2) is 0 Å². The normalized spacial score (nSPS) is 12.6. The van der Waals surface area contributed by atoms with Crippen molar-refractivity contribution in [2.75, 3.05) is 18.8 Å². The molecule has 5 heteroatoms. The van der Waals surface area contributed by atoms with Gasteiger partial charge >= 0.3 is 0 Å². The van der Waals surface area contributed by atoms with Gasteiger partial charge in [0.05, 0.1) is 5.69 Å². The van der Waals surface area contributed by atoms with Gasteiger partial charge in [-0.15, -0.1) is 11.3 Å². The van der Waals surface area contributed by atoms with Crippen molar-refractivity contribution in [2.24, 2.45) is 5.92 Å². The van der Waals surface area contributed by atoms with Gasteiger partial charge in [0, 0.05) is 27.6 Å². The lowest BCUT2D eigenvalue weighted by Gasteiger charge is -2.23. The third-order valence-electron chi connectivity index (χ3n) is 3.78. The molecule has 0 aliphatic heterocycles. The molecule has 0 radical (unpaired) electrons. The molecule has 1 aromatic carbocycles. The van der Waals surface area contributed by atoms with Crippen LogP contribution in [0, 0.1) is 5.92 Å². The first kappa shape index (κ1) is 16.3. The topological polar surface area (TPSA) is 46.3 Å². The van der Waals surface area contributed by atoms with Gasteiger partial charge in [-0.3, -0.25) is 4.79 Å². The molecule has 0 bridgehead atoms. The fourth-order valence-electron chi connectivity index (χ4n) is 2.25. The number of benzene rings is 1. The Bertz CT molecular complexity index is 653. The fraction of sp³-hybridized carbons (Fsp3) is 0.438. The molecule has 0 saturated carbocycles. The van der Waals surface area contributed by atoms with E-state index in [2.05, 4.69) is 29.8 Å². The van der Waals surface area contributed by atoms with Crippen molar-refractivity contribution >= 4 is 48.9 Å². The first-order valence-corrected chi connectivity index (χ1v) is 8.85. The molecule has 1 aromatic heterocycles. The number of nitrogens with two attached hydrogens (primary N) is 1. The minimum Gasteiger partial charge on any atom is -0.397 e. The van der Waals surface area contributed by atoms with Crippen LogP contribution in [0.15, 0.2) is 22.7 Å². The summed E-state index contributed by atoms with van der Waals surface area (Å²) in [4.78, 5) is 15.3. The Kier molecular flexibility index (Phi) is 5.27. The molecule has 0 aliphatic carbocycles. The number of nitrogens with zero attached hydrogens (tertiary/aromatic N) is 1. The summed E-state index contributed by atoms with van der Waals surface area (Å²) in [7, 11) is 0. The Morgan fingerprint density at radius 2 is 2.14 bits per heavy atom. The lowest BCUT2D eigenvalue weighted by atomic mass is 10.1. The van der Waals surface area contributed by atoms with E-state index in [0.29, 0.717) is 23.0 Å². The first-order chi connectivity index (χ1) is 9.97. The van der Waals surface area contributed by atoms with E-state index in [9.17, 15) is 4.79 Å². The van der Waals surface area contributed by atoms with Crippen molar-refractivity contribution < 1.29 is 4.79 Å². The molecule has 0 saturated heterocycles. The molecule has 0 fully saturated rings. The molecule has 1 atom stereocenters. The van der Waals surface area contributed by atoms with E-state index in [1.807, 2.05) is 30.0 Å². The number of amides is 1. The predicted molar refractivity (Wildman–Crippen MR) is 95.0 cm³/mol. The Balaban J connectivity index is 2.35. The number of fused-ring (bicyclic) bond motifs is 1. The molecule has 21 heavy (non-hydrogen) atoms. The summed E-state index contributed by atoms with van der Waals surface area (Å²) in [6.07, 6.45) is 1.07. The van der Waals surface area contributed by atoms with Crippen LogP contribution in [0.2, 0.25) is 0 Å². The minimum atomic E-state index is 0.0487. The molecule has 0 spiro atoms. The van der Waals surface area contributed by atoms with Crippen LogP contribution >= 0.6 is 27.3 Å². The third kappa shape index (κ3) is 3.40. The molecule has 1 amide bonds. The number of hydrogen-bond donors (Lipinski definition) is 1. The van der Waals surface area contributed by atoms with Crippen molar-refractivity contribution in [2.45, 2.75) is 27.2 Å². The zero-order chi connectivity index (χ0) is 15.6. The molecular formula is C16H21BrN2OS. The maximum atomic E-state index is 12.7. The largest absolute Gasteiger partial charge is 0.397 e. The van der Waals surface area contributed by atoms with Crippen LogP contribution < -0.4 is 5.73 Å². The summed E-state index contributed by atoms with van der Waals surface area (Å²) in [6, 6.07) is 5.93. The molecule has 3 nitrogen and oxygen atoms in total. The number of anilines is 1. The zero-order valence-corrected chi connectivity index (χ0v) is 15.1. The first-order valence-electron chi connectivity index (χ1n) is 7.24. The smallest absolute Gasteiger partial charge is 0.266 e. The third-order valence-corrected chi connectivity index (χ3v) is 5.43. The van der Waals surface area contributed by atoms with Gasteiger partial charge in [0.2, 0.25) is 0 Å². The number of rotatable bonds is 5. The molecule has 2 aromatic rings. The highest BCUT2D eigenvalue weighted by Crippen LogP contribution is 2.36. The second kappa shape index (κ2) is 6.79. The van der Waals surface area contributed by atoms with Gasteiger partial charge in [-0.1, -0.05) is 42.3 Å². The summed E-state index contributed by atoms with van der Waals surface area (Å²) < 4.78 is 2.05. The van der Waals surface area contributed by atoms with E-state index < -0.39 is 0 Å². The van der Waals surface area contributed by atoms with Crippen molar-refractivity contribution in [3.05, 3.63) is 27.5 Å². The molecule has 1 unspecified atom stereocenters. The second-order valence-electron chi connectivity index (χ2n) is 5.34. The quantitative estimate of drug-likeness (QED) is 0.826. The SMILES string of the molecule is CCC(C)CN(CC)C(=O)c1sc2cc(Br)ccc2c1N. The number of thiophene rings is 1. The van der Waals surface area contributed by atoms with E-state index in [-0.39, 0.29) is 5.91 Å². The Morgan fingerprint density at radius 1 is 1.43 bits per heavy atom. The standard InChI is InChI=1S/C16H21BrN2OS/c1-4-10(3)9-19(5-2)16(20)15-14(18)12-7-6-11(17)8-13(12)21-15/h6-8,10H,4-5,9,18H2,1-3H3. The molecule has 2 rings (SSSR count). The predicted octanol–water partition coefficient (Wildman–Crippen LogP) is 4.75. The lowest BCUT2D eigenvalue weighted by molar-refractivity contribution is 0.0747. The van der Waals surface area contributed by atoms with Crippen LogP contribution in [-0.4, -0.2) is 23.9 Å². The number of hydrogen-bond acceptors (Lipinski definition) is 3. The molecular weight excluding hydrogens is 348 g/mol. The molecule has 0 aliphatic rings. The van der Waals surface area contributed by atoms with E-state index >= 15 is 0 Å². The van der Waals surface area contributed by atoms with Gasteiger partial charge in [0.1, 0.15) is 4.88 Å². The Hall–Kier alpha value is -1.07. The second-order valence-corrected chi connectivity index (χ2v) is 7.31. The van der Waals surface area contributed by atoms with E-state index in [1.54, 1.807) is 0 Å². The maximum Gasteiger partial charge on any atom is 0.266 e. The maximum absolute atomic E-state index is 12.7. The fourth-order valence-corrected chi connectivity index (χ4v) is 3.90. The van der Waals surface area contributed by atoms with Crippen LogP contribution in [0.3, 0.4) is 0 Å². The van der Waals surface area contributed by atoms with E-state index in [1.165, 1.54) is 11.3 Å². The van der Waals surface area contributed by atoms with Gasteiger partial charge in [-0.2, -0.15) is 0 Å². The lowest BCUT2D eigenvalue weighted by Crippen LogP contribution is -2.34. The minimum absolute atomic E-state index is 0.0487. The van der Waals surface area contributed by atoms with Crippen LogP contribution in [0.5, 0.6) is 0 Å². The number of halogens is 1. The van der Waals surface area contributed by atoms with Gasteiger partial charge < -0.3 is 10.6 Å². The highest BCUT2D eigenvalue weighted by molar-refractivity contribution is 9.10. The van der Waals surface area contributed by atoms with Crippen LogP contribution in [0.25, 0.3) is 10.1 Å². The summed E-state index contributed by atoms with van der Waals surface area (Å²) in [5.74, 6) is 0.547. The average molecular weight is 369 g/mol. The van der Waals surface area contributed by atoms with Gasteiger partial charge in [0.25, 0.3) is 5.91 Å². The average Bonchev–Trinajstić information content (AvgIpc) is 2.80.